The standard InChI is InChI=1S/C16H27N5O3S/c1-4-24-10-13-20-14-15(11(2)12(3)19-16(14)17)21(13)8-6-5-7-9-25(18,22)23/h4-10H2,1-3H3,(H2,17,19)(H2,18,22,23). The lowest BCUT2D eigenvalue weighted by Crippen LogP contribution is -2.16. The van der Waals surface area contributed by atoms with E-state index in [1.165, 1.54) is 0 Å². The average molecular weight is 369 g/mol. The zero-order valence-electron chi connectivity index (χ0n) is 15.1. The van der Waals surface area contributed by atoms with Crippen LogP contribution in [0.4, 0.5) is 5.82 Å². The van der Waals surface area contributed by atoms with Crippen LogP contribution in [0.3, 0.4) is 0 Å². The third kappa shape index (κ3) is 4.90. The van der Waals surface area contributed by atoms with E-state index in [2.05, 4.69) is 14.5 Å². The number of aromatic nitrogens is 3. The van der Waals surface area contributed by atoms with Crippen LogP contribution in [-0.2, 0) is 27.9 Å². The first-order valence-electron chi connectivity index (χ1n) is 8.44. The number of anilines is 1. The van der Waals surface area contributed by atoms with Gasteiger partial charge in [0.15, 0.2) is 5.82 Å². The number of nitrogens with zero attached hydrogens (tertiary/aromatic N) is 3. The van der Waals surface area contributed by atoms with Crippen molar-refractivity contribution < 1.29 is 13.2 Å². The van der Waals surface area contributed by atoms with Gasteiger partial charge in [0.1, 0.15) is 17.9 Å². The van der Waals surface area contributed by atoms with Crippen LogP contribution in [-0.4, -0.2) is 35.3 Å². The Labute approximate surface area is 148 Å². The van der Waals surface area contributed by atoms with Crippen molar-refractivity contribution in [1.29, 1.82) is 0 Å². The molecule has 0 aliphatic carbocycles. The minimum absolute atomic E-state index is 0.0124. The normalized spacial score (nSPS) is 12.2. The number of rotatable bonds is 9. The van der Waals surface area contributed by atoms with Gasteiger partial charge in [0.05, 0.1) is 11.3 Å². The van der Waals surface area contributed by atoms with Crippen molar-refractivity contribution in [3.63, 3.8) is 0 Å². The lowest BCUT2D eigenvalue weighted by molar-refractivity contribution is 0.126. The molecule has 9 heteroatoms. The lowest BCUT2D eigenvalue weighted by Gasteiger charge is -2.12. The number of aryl methyl sites for hydroxylation is 3. The fourth-order valence-electron chi connectivity index (χ4n) is 2.84. The Morgan fingerprint density at radius 1 is 1.16 bits per heavy atom. The number of nitrogen functional groups attached to an aromatic ring is 1. The number of imidazole rings is 1. The van der Waals surface area contributed by atoms with Gasteiger partial charge in [-0.25, -0.2) is 23.5 Å². The third-order valence-corrected chi connectivity index (χ3v) is 5.08. The van der Waals surface area contributed by atoms with E-state index in [-0.39, 0.29) is 5.75 Å². The highest BCUT2D eigenvalue weighted by atomic mass is 32.2. The Kier molecular flexibility index (Phi) is 6.36. The smallest absolute Gasteiger partial charge is 0.209 e. The first-order valence-corrected chi connectivity index (χ1v) is 10.2. The highest BCUT2D eigenvalue weighted by Crippen LogP contribution is 2.26. The first-order chi connectivity index (χ1) is 11.7. The Hall–Kier alpha value is -1.71. The molecule has 4 N–H and O–H groups in total. The number of hydrogen-bond donors (Lipinski definition) is 2. The van der Waals surface area contributed by atoms with Gasteiger partial charge in [-0.05, 0) is 39.2 Å². The van der Waals surface area contributed by atoms with Gasteiger partial charge in [0.2, 0.25) is 10.0 Å². The summed E-state index contributed by atoms with van der Waals surface area (Å²) >= 11 is 0. The molecule has 2 rings (SSSR count). The van der Waals surface area contributed by atoms with Gasteiger partial charge in [0.25, 0.3) is 0 Å². The highest BCUT2D eigenvalue weighted by molar-refractivity contribution is 7.89. The number of primary sulfonamides is 1. The molecule has 2 aromatic rings. The molecule has 0 fully saturated rings. The second kappa shape index (κ2) is 8.11. The minimum atomic E-state index is -3.40. The number of ether oxygens (including phenoxy) is 1. The van der Waals surface area contributed by atoms with E-state index in [0.29, 0.717) is 37.5 Å². The predicted octanol–water partition coefficient (Wildman–Crippen LogP) is 1.63. The molecule has 25 heavy (non-hydrogen) atoms. The van der Waals surface area contributed by atoms with Crippen LogP contribution in [0.5, 0.6) is 0 Å². The molecule has 0 atom stereocenters. The molecule has 2 aromatic heterocycles. The Morgan fingerprint density at radius 3 is 2.52 bits per heavy atom. The van der Waals surface area contributed by atoms with Crippen LogP contribution in [0.1, 0.15) is 43.3 Å². The van der Waals surface area contributed by atoms with Gasteiger partial charge in [0, 0.05) is 18.8 Å². The van der Waals surface area contributed by atoms with Crippen LogP contribution >= 0.6 is 0 Å². The number of sulfonamides is 1. The topological polar surface area (TPSA) is 126 Å². The van der Waals surface area contributed by atoms with Crippen molar-refractivity contribution in [2.24, 2.45) is 5.14 Å². The molecule has 0 unspecified atom stereocenters. The Balaban J connectivity index is 2.25. The summed E-state index contributed by atoms with van der Waals surface area (Å²) in [6.45, 7) is 7.59. The summed E-state index contributed by atoms with van der Waals surface area (Å²) in [6, 6.07) is 0. The molecule has 2 heterocycles. The molecule has 8 nitrogen and oxygen atoms in total. The highest BCUT2D eigenvalue weighted by Gasteiger charge is 2.17. The van der Waals surface area contributed by atoms with Crippen molar-refractivity contribution in [3.05, 3.63) is 17.1 Å². The van der Waals surface area contributed by atoms with Gasteiger partial charge >= 0.3 is 0 Å². The summed E-state index contributed by atoms with van der Waals surface area (Å²) in [5.41, 5.74) is 9.65. The third-order valence-electron chi connectivity index (χ3n) is 4.22. The second-order valence-corrected chi connectivity index (χ2v) is 7.88. The van der Waals surface area contributed by atoms with Crippen molar-refractivity contribution in [2.75, 3.05) is 18.1 Å². The molecular formula is C16H27N5O3S. The molecule has 0 aromatic carbocycles. The van der Waals surface area contributed by atoms with Gasteiger partial charge < -0.3 is 15.0 Å². The molecule has 0 radical (unpaired) electrons. The molecule has 0 saturated heterocycles. The van der Waals surface area contributed by atoms with E-state index >= 15 is 0 Å². The molecule has 0 aliphatic heterocycles. The maximum atomic E-state index is 11.0. The van der Waals surface area contributed by atoms with Crippen molar-refractivity contribution in [3.8, 4) is 0 Å². The van der Waals surface area contributed by atoms with E-state index in [4.69, 9.17) is 15.6 Å². The number of nitrogens with two attached hydrogens (primary N) is 2. The van der Waals surface area contributed by atoms with Crippen molar-refractivity contribution >= 4 is 26.9 Å². The molecule has 140 valence electrons. The van der Waals surface area contributed by atoms with E-state index < -0.39 is 10.0 Å². The number of unbranched alkanes of at least 4 members (excludes halogenated alkanes) is 2. The van der Waals surface area contributed by atoms with E-state index in [9.17, 15) is 8.42 Å². The average Bonchev–Trinajstić information content (AvgIpc) is 2.88. The largest absolute Gasteiger partial charge is 0.382 e. The minimum Gasteiger partial charge on any atom is -0.382 e. The Bertz CT molecular complexity index is 845. The fourth-order valence-corrected chi connectivity index (χ4v) is 3.45. The van der Waals surface area contributed by atoms with E-state index in [1.54, 1.807) is 0 Å². The van der Waals surface area contributed by atoms with Crippen molar-refractivity contribution in [1.82, 2.24) is 14.5 Å². The summed E-state index contributed by atoms with van der Waals surface area (Å²) in [4.78, 5) is 8.98. The molecular weight excluding hydrogens is 342 g/mol. The fraction of sp³-hybridized carbons (Fsp3) is 0.625. The van der Waals surface area contributed by atoms with Crippen LogP contribution in [0.15, 0.2) is 0 Å². The lowest BCUT2D eigenvalue weighted by atomic mass is 10.2. The number of hydrogen-bond acceptors (Lipinski definition) is 6. The predicted molar refractivity (Wildman–Crippen MR) is 98.6 cm³/mol. The van der Waals surface area contributed by atoms with Crippen LogP contribution in [0, 0.1) is 13.8 Å². The molecule has 0 saturated carbocycles. The van der Waals surface area contributed by atoms with Crippen molar-refractivity contribution in [2.45, 2.75) is 53.2 Å². The monoisotopic (exact) mass is 369 g/mol. The molecule has 0 spiro atoms. The summed E-state index contributed by atoms with van der Waals surface area (Å²) in [6.07, 6.45) is 2.14. The van der Waals surface area contributed by atoms with E-state index in [0.717, 1.165) is 35.4 Å². The molecule has 0 aliphatic rings. The second-order valence-electron chi connectivity index (χ2n) is 6.15. The summed E-state index contributed by atoms with van der Waals surface area (Å²) < 4.78 is 29.7. The van der Waals surface area contributed by atoms with Gasteiger partial charge in [-0.2, -0.15) is 0 Å². The van der Waals surface area contributed by atoms with Crippen LogP contribution in [0.25, 0.3) is 11.0 Å². The number of pyridine rings is 1. The maximum Gasteiger partial charge on any atom is 0.209 e. The molecule has 0 amide bonds. The van der Waals surface area contributed by atoms with Crippen LogP contribution < -0.4 is 10.9 Å². The van der Waals surface area contributed by atoms with Gasteiger partial charge in [-0.15, -0.1) is 0 Å². The van der Waals surface area contributed by atoms with Crippen LogP contribution in [0.2, 0.25) is 0 Å². The zero-order valence-corrected chi connectivity index (χ0v) is 15.9. The van der Waals surface area contributed by atoms with Gasteiger partial charge in [-0.3, -0.25) is 0 Å². The van der Waals surface area contributed by atoms with Gasteiger partial charge in [-0.1, -0.05) is 6.42 Å². The zero-order chi connectivity index (χ0) is 18.6. The quantitative estimate of drug-likeness (QED) is 0.647. The van der Waals surface area contributed by atoms with E-state index in [1.807, 2.05) is 20.8 Å². The molecule has 0 bridgehead atoms. The first kappa shape index (κ1) is 19.6. The number of fused-ring (bicyclic) bond motifs is 1. The summed E-state index contributed by atoms with van der Waals surface area (Å²) in [5.74, 6) is 1.24. The SMILES string of the molecule is CCOCc1nc2c(N)nc(C)c(C)c2n1CCCCCS(N)(=O)=O. The summed E-state index contributed by atoms with van der Waals surface area (Å²) in [7, 11) is -3.40. The summed E-state index contributed by atoms with van der Waals surface area (Å²) in [5, 5.41) is 5.04. The Morgan fingerprint density at radius 2 is 1.88 bits per heavy atom. The maximum absolute atomic E-state index is 11.0.